The summed E-state index contributed by atoms with van der Waals surface area (Å²) in [6.07, 6.45) is 0.692. The minimum atomic E-state index is -0.411. The van der Waals surface area contributed by atoms with E-state index in [4.69, 9.17) is 16.3 Å². The lowest BCUT2D eigenvalue weighted by Gasteiger charge is -2.11. The normalized spacial score (nSPS) is 10.1. The van der Waals surface area contributed by atoms with Gasteiger partial charge < -0.3 is 9.47 Å². The third-order valence-electron chi connectivity index (χ3n) is 2.83. The molecular formula is C16H15ClO3. The minimum Gasteiger partial charge on any atom is -0.482 e. The van der Waals surface area contributed by atoms with Gasteiger partial charge >= 0.3 is 5.97 Å². The number of carbonyl (C=O) groups excluding carboxylic acids is 1. The summed E-state index contributed by atoms with van der Waals surface area (Å²) in [6.45, 7) is -0.111. The minimum absolute atomic E-state index is 0.111. The molecule has 0 N–H and O–H groups in total. The molecule has 0 fully saturated rings. The number of benzene rings is 2. The van der Waals surface area contributed by atoms with Crippen LogP contribution in [-0.2, 0) is 16.0 Å². The molecule has 0 atom stereocenters. The molecule has 0 radical (unpaired) electrons. The third kappa shape index (κ3) is 4.00. The quantitative estimate of drug-likeness (QED) is 0.791. The maximum absolute atomic E-state index is 11.1. The van der Waals surface area contributed by atoms with Crippen molar-refractivity contribution in [2.24, 2.45) is 0 Å². The highest BCUT2D eigenvalue weighted by atomic mass is 35.5. The first kappa shape index (κ1) is 14.4. The fraction of sp³-hybridized carbons (Fsp3) is 0.188. The number of methoxy groups -OCH3 is 1. The average molecular weight is 291 g/mol. The highest BCUT2D eigenvalue weighted by Gasteiger charge is 2.08. The van der Waals surface area contributed by atoms with Crippen LogP contribution in [0.3, 0.4) is 0 Å². The summed E-state index contributed by atoms with van der Waals surface area (Å²) in [5.41, 5.74) is 2.09. The largest absolute Gasteiger partial charge is 0.482 e. The van der Waals surface area contributed by atoms with Crippen LogP contribution >= 0.6 is 11.6 Å². The average Bonchev–Trinajstić information content (AvgIpc) is 2.47. The van der Waals surface area contributed by atoms with Crippen LogP contribution in [0.25, 0.3) is 0 Å². The van der Waals surface area contributed by atoms with Gasteiger partial charge in [0.25, 0.3) is 0 Å². The van der Waals surface area contributed by atoms with Gasteiger partial charge in [-0.25, -0.2) is 4.79 Å². The number of carbonyl (C=O) groups is 1. The van der Waals surface area contributed by atoms with Crippen LogP contribution in [0.2, 0.25) is 5.02 Å². The summed E-state index contributed by atoms with van der Waals surface area (Å²) in [4.78, 5) is 11.1. The molecule has 0 saturated carbocycles. The Morgan fingerprint density at radius 3 is 2.60 bits per heavy atom. The van der Waals surface area contributed by atoms with Crippen molar-refractivity contribution in [2.75, 3.05) is 13.7 Å². The maximum Gasteiger partial charge on any atom is 0.343 e. The fourth-order valence-electron chi connectivity index (χ4n) is 1.84. The number of hydrogen-bond donors (Lipinski definition) is 0. The summed E-state index contributed by atoms with van der Waals surface area (Å²) in [5.74, 6) is 0.231. The smallest absolute Gasteiger partial charge is 0.343 e. The predicted octanol–water partition coefficient (Wildman–Crippen LogP) is 3.48. The maximum atomic E-state index is 11.1. The second kappa shape index (κ2) is 6.96. The van der Waals surface area contributed by atoms with Crippen molar-refractivity contribution in [3.05, 3.63) is 64.7 Å². The molecule has 0 aliphatic heterocycles. The van der Waals surface area contributed by atoms with Crippen molar-refractivity contribution in [3.63, 3.8) is 0 Å². The molecule has 0 aliphatic carbocycles. The second-order valence-electron chi connectivity index (χ2n) is 4.28. The Morgan fingerprint density at radius 2 is 1.90 bits per heavy atom. The molecule has 2 aromatic rings. The van der Waals surface area contributed by atoms with E-state index in [9.17, 15) is 4.79 Å². The van der Waals surface area contributed by atoms with Crippen LogP contribution in [-0.4, -0.2) is 19.7 Å². The predicted molar refractivity (Wildman–Crippen MR) is 78.2 cm³/mol. The van der Waals surface area contributed by atoms with Gasteiger partial charge in [-0.2, -0.15) is 0 Å². The number of rotatable bonds is 5. The molecule has 0 aliphatic rings. The van der Waals surface area contributed by atoms with E-state index in [-0.39, 0.29) is 6.61 Å². The first-order valence-corrected chi connectivity index (χ1v) is 6.59. The molecule has 0 bridgehead atoms. The summed E-state index contributed by atoms with van der Waals surface area (Å²) >= 11 is 6.03. The Hall–Kier alpha value is -2.00. The van der Waals surface area contributed by atoms with Crippen molar-refractivity contribution < 1.29 is 14.3 Å². The number of hydrogen-bond acceptors (Lipinski definition) is 3. The fourth-order valence-corrected chi connectivity index (χ4v) is 2.03. The van der Waals surface area contributed by atoms with E-state index in [0.717, 1.165) is 11.1 Å². The Morgan fingerprint density at radius 1 is 1.15 bits per heavy atom. The number of ether oxygens (including phenoxy) is 2. The molecule has 2 aromatic carbocycles. The molecule has 0 amide bonds. The van der Waals surface area contributed by atoms with Gasteiger partial charge in [0.1, 0.15) is 5.75 Å². The van der Waals surface area contributed by atoms with Crippen molar-refractivity contribution in [2.45, 2.75) is 6.42 Å². The Balaban J connectivity index is 2.17. The van der Waals surface area contributed by atoms with Crippen LogP contribution in [0.5, 0.6) is 5.75 Å². The van der Waals surface area contributed by atoms with E-state index in [2.05, 4.69) is 4.74 Å². The van der Waals surface area contributed by atoms with Crippen LogP contribution in [0.15, 0.2) is 48.5 Å². The van der Waals surface area contributed by atoms with Gasteiger partial charge in [0.2, 0.25) is 0 Å². The molecule has 0 aromatic heterocycles. The zero-order valence-corrected chi connectivity index (χ0v) is 11.9. The summed E-state index contributed by atoms with van der Waals surface area (Å²) in [5, 5.41) is 0.640. The lowest BCUT2D eigenvalue weighted by molar-refractivity contribution is -0.142. The molecule has 3 nitrogen and oxygen atoms in total. The number of halogens is 1. The van der Waals surface area contributed by atoms with E-state index in [1.165, 1.54) is 7.11 Å². The number of esters is 1. The first-order valence-electron chi connectivity index (χ1n) is 6.21. The van der Waals surface area contributed by atoms with Gasteiger partial charge in [0.05, 0.1) is 7.11 Å². The highest BCUT2D eigenvalue weighted by Crippen LogP contribution is 2.25. The van der Waals surface area contributed by atoms with Gasteiger partial charge in [0.15, 0.2) is 6.61 Å². The van der Waals surface area contributed by atoms with Crippen molar-refractivity contribution >= 4 is 17.6 Å². The van der Waals surface area contributed by atoms with Crippen LogP contribution in [0.1, 0.15) is 11.1 Å². The Bertz CT molecular complexity index is 582. The second-order valence-corrected chi connectivity index (χ2v) is 4.72. The molecule has 0 spiro atoms. The molecule has 0 heterocycles. The molecule has 4 heteroatoms. The van der Waals surface area contributed by atoms with Gasteiger partial charge in [-0.3, -0.25) is 0 Å². The van der Waals surface area contributed by atoms with E-state index in [1.54, 1.807) is 12.1 Å². The topological polar surface area (TPSA) is 35.5 Å². The van der Waals surface area contributed by atoms with Gasteiger partial charge in [-0.05, 0) is 29.3 Å². The molecule has 104 valence electrons. The van der Waals surface area contributed by atoms with Crippen LogP contribution in [0.4, 0.5) is 0 Å². The SMILES string of the molecule is COC(=O)COc1ccc(Cl)cc1Cc1ccccc1. The van der Waals surface area contributed by atoms with E-state index < -0.39 is 5.97 Å². The summed E-state index contributed by atoms with van der Waals surface area (Å²) in [7, 11) is 1.33. The zero-order chi connectivity index (χ0) is 14.4. The first-order chi connectivity index (χ1) is 9.69. The lowest BCUT2D eigenvalue weighted by atomic mass is 10.0. The Labute approximate surface area is 123 Å². The molecular weight excluding hydrogens is 276 g/mol. The van der Waals surface area contributed by atoms with E-state index in [0.29, 0.717) is 17.2 Å². The van der Waals surface area contributed by atoms with Crippen molar-refractivity contribution in [1.82, 2.24) is 0 Å². The Kier molecular flexibility index (Phi) is 5.02. The van der Waals surface area contributed by atoms with Gasteiger partial charge in [-0.1, -0.05) is 41.9 Å². The van der Waals surface area contributed by atoms with Gasteiger partial charge in [-0.15, -0.1) is 0 Å². The highest BCUT2D eigenvalue weighted by molar-refractivity contribution is 6.30. The summed E-state index contributed by atoms with van der Waals surface area (Å²) in [6, 6.07) is 15.4. The van der Waals surface area contributed by atoms with Crippen LogP contribution < -0.4 is 4.74 Å². The zero-order valence-electron chi connectivity index (χ0n) is 11.1. The summed E-state index contributed by atoms with van der Waals surface area (Å²) < 4.78 is 10.0. The van der Waals surface area contributed by atoms with Crippen molar-refractivity contribution in [3.8, 4) is 5.75 Å². The third-order valence-corrected chi connectivity index (χ3v) is 3.07. The van der Waals surface area contributed by atoms with Crippen molar-refractivity contribution in [1.29, 1.82) is 0 Å². The lowest BCUT2D eigenvalue weighted by Crippen LogP contribution is -2.13. The molecule has 0 saturated heterocycles. The standard InChI is InChI=1S/C16H15ClO3/c1-19-16(18)11-20-15-8-7-14(17)10-13(15)9-12-5-3-2-4-6-12/h2-8,10H,9,11H2,1H3. The molecule has 0 unspecified atom stereocenters. The van der Waals surface area contributed by atoms with E-state index >= 15 is 0 Å². The molecule has 20 heavy (non-hydrogen) atoms. The van der Waals surface area contributed by atoms with Gasteiger partial charge in [0, 0.05) is 11.4 Å². The van der Waals surface area contributed by atoms with E-state index in [1.807, 2.05) is 36.4 Å². The van der Waals surface area contributed by atoms with Crippen LogP contribution in [0, 0.1) is 0 Å². The molecule has 2 rings (SSSR count). The monoisotopic (exact) mass is 290 g/mol.